The van der Waals surface area contributed by atoms with E-state index in [1.807, 2.05) is 61.8 Å². The first kappa shape index (κ1) is 20.3. The molecule has 2 aromatic carbocycles. The first-order valence-electron chi connectivity index (χ1n) is 8.65. The van der Waals surface area contributed by atoms with E-state index in [1.165, 1.54) is 0 Å². The summed E-state index contributed by atoms with van der Waals surface area (Å²) in [6.07, 6.45) is 3.74. The number of aliphatic hydroxyl groups is 1. The second-order valence-corrected chi connectivity index (χ2v) is 7.51. The summed E-state index contributed by atoms with van der Waals surface area (Å²) in [6, 6.07) is 18.8. The molecule has 0 atom stereocenters. The molecule has 0 aliphatic carbocycles. The molecule has 0 saturated heterocycles. The highest BCUT2D eigenvalue weighted by Gasteiger charge is 2.24. The molecule has 1 heterocycles. The van der Waals surface area contributed by atoms with E-state index in [4.69, 9.17) is 35.4 Å². The largest absolute Gasteiger partial charge is 0.502 e. The predicted molar refractivity (Wildman–Crippen MR) is 119 cm³/mol. The monoisotopic (exact) mass is 429 g/mol. The second-order valence-electron chi connectivity index (χ2n) is 6.28. The number of aliphatic hydroxyl groups excluding tert-OH is 1. The van der Waals surface area contributed by atoms with Crippen LogP contribution in [0.5, 0.6) is 0 Å². The highest BCUT2D eigenvalue weighted by molar-refractivity contribution is 7.81. The number of benzene rings is 2. The maximum atomic E-state index is 11.0. The smallest absolute Gasteiger partial charge is 0.288 e. The van der Waals surface area contributed by atoms with Crippen molar-refractivity contribution in [2.75, 3.05) is 0 Å². The van der Waals surface area contributed by atoms with Gasteiger partial charge in [0.1, 0.15) is 0 Å². The van der Waals surface area contributed by atoms with Crippen molar-refractivity contribution in [3.8, 4) is 0 Å². The quantitative estimate of drug-likeness (QED) is 0.240. The summed E-state index contributed by atoms with van der Waals surface area (Å²) in [6.45, 7) is 2.52. The van der Waals surface area contributed by atoms with Crippen LogP contribution < -0.4 is 9.88 Å². The molecule has 2 N–H and O–H groups in total. The van der Waals surface area contributed by atoms with Gasteiger partial charge in [0, 0.05) is 23.7 Å². The maximum absolute atomic E-state index is 11.0. The van der Waals surface area contributed by atoms with Gasteiger partial charge in [-0.15, -0.1) is 0 Å². The van der Waals surface area contributed by atoms with Crippen molar-refractivity contribution in [2.24, 2.45) is 0 Å². The average molecular weight is 430 g/mol. The Bertz CT molecular complexity index is 1040. The lowest BCUT2D eigenvalue weighted by Gasteiger charge is -2.11. The molecule has 1 aromatic heterocycles. The number of aromatic nitrogens is 1. The van der Waals surface area contributed by atoms with E-state index in [0.29, 0.717) is 32.8 Å². The van der Waals surface area contributed by atoms with Gasteiger partial charge in [-0.25, -0.2) is 0 Å². The summed E-state index contributed by atoms with van der Waals surface area (Å²) in [5, 5.41) is 15.1. The summed E-state index contributed by atoms with van der Waals surface area (Å²) in [5.41, 5.74) is 3.12. The van der Waals surface area contributed by atoms with Crippen LogP contribution in [0.3, 0.4) is 0 Å². The molecule has 142 valence electrons. The highest BCUT2D eigenvalue weighted by Crippen LogP contribution is 2.27. The molecular weight excluding hydrogens is 411 g/mol. The Morgan fingerprint density at radius 2 is 1.79 bits per heavy atom. The number of thiocarbonyl (C=S) groups is 1. The lowest BCUT2D eigenvalue weighted by molar-refractivity contribution is -0.576. The Hall–Kier alpha value is -2.40. The minimum absolute atomic E-state index is 0.0136. The van der Waals surface area contributed by atoms with E-state index in [-0.39, 0.29) is 5.76 Å². The molecule has 6 heteroatoms. The SMILES string of the molecule is Cc1ccc[n+](C(C(=S)NCc2ccccc2)=C(O)c2ccc(Cl)c(Cl)c2)c1. The van der Waals surface area contributed by atoms with Crippen molar-refractivity contribution in [3.05, 3.63) is 99.8 Å². The second kappa shape index (κ2) is 9.20. The summed E-state index contributed by atoms with van der Waals surface area (Å²) in [5.74, 6) is 0.0136. The van der Waals surface area contributed by atoms with Crippen LogP contribution >= 0.6 is 35.4 Å². The zero-order chi connectivity index (χ0) is 20.1. The molecule has 0 aliphatic heterocycles. The van der Waals surface area contributed by atoms with E-state index in [1.54, 1.807) is 22.8 Å². The third kappa shape index (κ3) is 4.90. The van der Waals surface area contributed by atoms with Gasteiger partial charge in [0.05, 0.1) is 10.0 Å². The first-order valence-corrected chi connectivity index (χ1v) is 9.81. The number of pyridine rings is 1. The van der Waals surface area contributed by atoms with E-state index >= 15 is 0 Å². The third-order valence-electron chi connectivity index (χ3n) is 4.14. The summed E-state index contributed by atoms with van der Waals surface area (Å²) in [4.78, 5) is 0.419. The maximum Gasteiger partial charge on any atom is 0.288 e. The fourth-order valence-corrected chi connectivity index (χ4v) is 3.29. The standard InChI is InChI=1S/C22H18Cl2N2OS/c1-15-6-5-11-26(14-15)20(21(27)17-9-10-18(23)19(24)12-17)22(28)25-13-16-7-3-2-4-8-16/h2-12,14H,13H2,1H3,(H-,25,27,28)/p+1. The summed E-state index contributed by atoms with van der Waals surface area (Å²) in [7, 11) is 0. The number of nitrogens with zero attached hydrogens (tertiary/aromatic N) is 1. The van der Waals surface area contributed by atoms with E-state index in [0.717, 1.165) is 11.1 Å². The molecule has 3 nitrogen and oxygen atoms in total. The van der Waals surface area contributed by atoms with Crippen molar-refractivity contribution in [1.82, 2.24) is 5.32 Å². The molecule has 0 radical (unpaired) electrons. The van der Waals surface area contributed by atoms with Crippen molar-refractivity contribution in [1.29, 1.82) is 0 Å². The minimum Gasteiger partial charge on any atom is -0.502 e. The van der Waals surface area contributed by atoms with Gasteiger partial charge in [-0.3, -0.25) is 0 Å². The van der Waals surface area contributed by atoms with Crippen LogP contribution in [-0.2, 0) is 6.54 Å². The predicted octanol–water partition coefficient (Wildman–Crippen LogP) is 5.59. The summed E-state index contributed by atoms with van der Waals surface area (Å²) >= 11 is 17.8. The van der Waals surface area contributed by atoms with Crippen LogP contribution in [0.25, 0.3) is 11.5 Å². The zero-order valence-electron chi connectivity index (χ0n) is 15.2. The molecule has 0 aliphatic rings. The Balaban J connectivity index is 2.01. The molecule has 0 unspecified atom stereocenters. The molecule has 0 fully saturated rings. The Kier molecular flexibility index (Phi) is 6.68. The van der Waals surface area contributed by atoms with E-state index in [2.05, 4.69) is 5.32 Å². The number of rotatable bonds is 5. The lowest BCUT2D eigenvalue weighted by Crippen LogP contribution is -2.41. The molecule has 0 amide bonds. The van der Waals surface area contributed by atoms with Gasteiger partial charge in [0.15, 0.2) is 23.1 Å². The molecule has 28 heavy (non-hydrogen) atoms. The van der Waals surface area contributed by atoms with Crippen LogP contribution in [0.4, 0.5) is 0 Å². The van der Waals surface area contributed by atoms with Crippen molar-refractivity contribution >= 4 is 51.9 Å². The summed E-state index contributed by atoms with van der Waals surface area (Å²) < 4.78 is 1.80. The van der Waals surface area contributed by atoms with Gasteiger partial charge in [-0.1, -0.05) is 65.8 Å². The Morgan fingerprint density at radius 3 is 2.46 bits per heavy atom. The van der Waals surface area contributed by atoms with Gasteiger partial charge >= 0.3 is 0 Å². The van der Waals surface area contributed by atoms with Gasteiger partial charge in [-0.2, -0.15) is 4.57 Å². The van der Waals surface area contributed by atoms with Gasteiger partial charge in [0.2, 0.25) is 0 Å². The number of hydrogen-bond donors (Lipinski definition) is 2. The Morgan fingerprint density at radius 1 is 1.04 bits per heavy atom. The molecule has 0 spiro atoms. The number of halogens is 2. The van der Waals surface area contributed by atoms with E-state index < -0.39 is 0 Å². The normalized spacial score (nSPS) is 11.7. The Labute approximate surface area is 179 Å². The fraction of sp³-hybridized carbons (Fsp3) is 0.0909. The van der Waals surface area contributed by atoms with Crippen LogP contribution in [0.15, 0.2) is 73.1 Å². The van der Waals surface area contributed by atoms with Gasteiger partial charge in [0.25, 0.3) is 5.70 Å². The van der Waals surface area contributed by atoms with Crippen molar-refractivity contribution in [2.45, 2.75) is 13.5 Å². The zero-order valence-corrected chi connectivity index (χ0v) is 17.5. The van der Waals surface area contributed by atoms with Crippen molar-refractivity contribution in [3.63, 3.8) is 0 Å². The van der Waals surface area contributed by atoms with Gasteiger partial charge in [-0.05, 0) is 36.8 Å². The van der Waals surface area contributed by atoms with Crippen LogP contribution in [0, 0.1) is 6.92 Å². The third-order valence-corrected chi connectivity index (χ3v) is 5.21. The van der Waals surface area contributed by atoms with E-state index in [9.17, 15) is 5.11 Å². The van der Waals surface area contributed by atoms with Gasteiger partial charge < -0.3 is 10.4 Å². The molecular formula is C22H19Cl2N2OS+. The molecule has 0 saturated carbocycles. The average Bonchev–Trinajstić information content (AvgIpc) is 2.69. The highest BCUT2D eigenvalue weighted by atomic mass is 35.5. The fourth-order valence-electron chi connectivity index (χ4n) is 2.72. The first-order chi connectivity index (χ1) is 13.5. The van der Waals surface area contributed by atoms with Crippen LogP contribution in [0.2, 0.25) is 10.0 Å². The topological polar surface area (TPSA) is 36.1 Å². The molecule has 3 rings (SSSR count). The van der Waals surface area contributed by atoms with Crippen LogP contribution in [-0.4, -0.2) is 10.1 Å². The molecule has 0 bridgehead atoms. The van der Waals surface area contributed by atoms with Crippen LogP contribution in [0.1, 0.15) is 16.7 Å². The lowest BCUT2D eigenvalue weighted by atomic mass is 10.1. The minimum atomic E-state index is 0.0136. The number of aryl methyl sites for hydroxylation is 1. The number of hydrogen-bond acceptors (Lipinski definition) is 2. The molecule has 3 aromatic rings. The number of nitrogens with one attached hydrogen (secondary N) is 1. The van der Waals surface area contributed by atoms with Crippen molar-refractivity contribution < 1.29 is 9.67 Å².